The number of carbonyl (C=O) groups is 1. The minimum Gasteiger partial charge on any atom is -0.396 e. The number of carbonyl (C=O) groups excluding carboxylic acids is 1. The van der Waals surface area contributed by atoms with Crippen LogP contribution in [0.3, 0.4) is 0 Å². The molecule has 0 bridgehead atoms. The van der Waals surface area contributed by atoms with Gasteiger partial charge >= 0.3 is 0 Å². The van der Waals surface area contributed by atoms with Crippen molar-refractivity contribution in [1.82, 2.24) is 5.32 Å². The lowest BCUT2D eigenvalue weighted by molar-refractivity contribution is 0.0909. The normalized spacial score (nSPS) is 22.6. The molecule has 2 rings (SSSR count). The predicted octanol–water partition coefficient (Wildman–Crippen LogP) is 2.66. The Morgan fingerprint density at radius 2 is 2.00 bits per heavy atom. The second kappa shape index (κ2) is 6.84. The van der Waals surface area contributed by atoms with Crippen LogP contribution in [0.25, 0.3) is 0 Å². The van der Waals surface area contributed by atoms with Gasteiger partial charge in [0.1, 0.15) is 5.82 Å². The number of hydrogen-bond donors (Lipinski definition) is 2. The molecule has 1 amide bonds. The van der Waals surface area contributed by atoms with Crippen LogP contribution in [-0.4, -0.2) is 24.2 Å². The van der Waals surface area contributed by atoms with Gasteiger partial charge in [0.15, 0.2) is 0 Å². The summed E-state index contributed by atoms with van der Waals surface area (Å²) in [6.07, 6.45) is 4.36. The highest BCUT2D eigenvalue weighted by atomic mass is 19.1. The third-order valence-corrected chi connectivity index (χ3v) is 4.13. The van der Waals surface area contributed by atoms with Crippen molar-refractivity contribution < 1.29 is 14.3 Å². The largest absolute Gasteiger partial charge is 0.396 e. The SMILES string of the molecule is Cc1cc(F)cc(C(=O)NCC2CCCCC2CO)c1. The van der Waals surface area contributed by atoms with Crippen LogP contribution in [0.15, 0.2) is 18.2 Å². The van der Waals surface area contributed by atoms with E-state index in [1.54, 1.807) is 13.0 Å². The maximum absolute atomic E-state index is 13.3. The number of aliphatic hydroxyl groups is 1. The molecule has 1 fully saturated rings. The van der Waals surface area contributed by atoms with Gasteiger partial charge < -0.3 is 10.4 Å². The highest BCUT2D eigenvalue weighted by Gasteiger charge is 2.24. The number of nitrogens with one attached hydrogen (secondary N) is 1. The Morgan fingerprint density at radius 3 is 2.65 bits per heavy atom. The Balaban J connectivity index is 1.94. The Kier molecular flexibility index (Phi) is 5.12. The molecule has 0 saturated heterocycles. The Labute approximate surface area is 119 Å². The highest BCUT2D eigenvalue weighted by Crippen LogP contribution is 2.29. The van der Waals surface area contributed by atoms with Gasteiger partial charge in [0, 0.05) is 18.7 Å². The van der Waals surface area contributed by atoms with Gasteiger partial charge in [0.05, 0.1) is 0 Å². The van der Waals surface area contributed by atoms with Gasteiger partial charge in [0.2, 0.25) is 0 Å². The monoisotopic (exact) mass is 279 g/mol. The first-order valence-electron chi connectivity index (χ1n) is 7.26. The molecule has 1 aliphatic rings. The van der Waals surface area contributed by atoms with Crippen LogP contribution in [0.4, 0.5) is 4.39 Å². The quantitative estimate of drug-likeness (QED) is 0.890. The minimum atomic E-state index is -0.388. The first-order chi connectivity index (χ1) is 9.60. The summed E-state index contributed by atoms with van der Waals surface area (Å²) in [6, 6.07) is 4.34. The lowest BCUT2D eigenvalue weighted by atomic mass is 9.79. The fourth-order valence-electron chi connectivity index (χ4n) is 2.99. The molecule has 0 spiro atoms. The van der Waals surface area contributed by atoms with Gasteiger partial charge in [-0.15, -0.1) is 0 Å². The third kappa shape index (κ3) is 3.79. The van der Waals surface area contributed by atoms with Crippen LogP contribution in [0, 0.1) is 24.6 Å². The molecule has 2 N–H and O–H groups in total. The van der Waals surface area contributed by atoms with Crippen LogP contribution < -0.4 is 5.32 Å². The zero-order valence-electron chi connectivity index (χ0n) is 11.9. The summed E-state index contributed by atoms with van der Waals surface area (Å²) < 4.78 is 13.3. The first-order valence-corrected chi connectivity index (χ1v) is 7.26. The number of hydrogen-bond acceptors (Lipinski definition) is 2. The molecule has 110 valence electrons. The third-order valence-electron chi connectivity index (χ3n) is 4.13. The second-order valence-electron chi connectivity index (χ2n) is 5.71. The molecule has 4 heteroatoms. The number of rotatable bonds is 4. The molecule has 0 radical (unpaired) electrons. The van der Waals surface area contributed by atoms with Crippen LogP contribution in [-0.2, 0) is 0 Å². The molecule has 20 heavy (non-hydrogen) atoms. The lowest BCUT2D eigenvalue weighted by Gasteiger charge is -2.30. The van der Waals surface area contributed by atoms with Crippen molar-refractivity contribution in [3.05, 3.63) is 35.1 Å². The molecule has 0 aromatic heterocycles. The van der Waals surface area contributed by atoms with Gasteiger partial charge in [0.25, 0.3) is 5.91 Å². The van der Waals surface area contributed by atoms with E-state index in [1.807, 2.05) is 0 Å². The molecule has 1 aromatic carbocycles. The Bertz CT molecular complexity index is 455. The van der Waals surface area contributed by atoms with Crippen molar-refractivity contribution in [3.8, 4) is 0 Å². The van der Waals surface area contributed by atoms with E-state index in [9.17, 15) is 14.3 Å². The summed E-state index contributed by atoms with van der Waals surface area (Å²) in [5.74, 6) is -0.0263. The average molecular weight is 279 g/mol. The van der Waals surface area contributed by atoms with E-state index < -0.39 is 0 Å². The van der Waals surface area contributed by atoms with Crippen molar-refractivity contribution in [1.29, 1.82) is 0 Å². The Hall–Kier alpha value is -1.42. The van der Waals surface area contributed by atoms with E-state index in [0.717, 1.165) is 31.2 Å². The van der Waals surface area contributed by atoms with E-state index in [-0.39, 0.29) is 24.2 Å². The summed E-state index contributed by atoms with van der Waals surface area (Å²) in [7, 11) is 0. The van der Waals surface area contributed by atoms with Gasteiger partial charge in [-0.1, -0.05) is 12.8 Å². The standard InChI is InChI=1S/C16H22FNO2/c1-11-6-14(8-15(17)7-11)16(20)18-9-12-4-2-3-5-13(12)10-19/h6-8,12-13,19H,2-5,9-10H2,1H3,(H,18,20). The van der Waals surface area contributed by atoms with Crippen LogP contribution in [0.1, 0.15) is 41.6 Å². The van der Waals surface area contributed by atoms with E-state index in [2.05, 4.69) is 5.32 Å². The van der Waals surface area contributed by atoms with Gasteiger partial charge in [-0.2, -0.15) is 0 Å². The van der Waals surface area contributed by atoms with Gasteiger partial charge in [-0.05, 0) is 55.4 Å². The highest BCUT2D eigenvalue weighted by molar-refractivity contribution is 5.94. The number of aryl methyl sites for hydroxylation is 1. The number of halogens is 1. The molecular weight excluding hydrogens is 257 g/mol. The molecule has 1 aliphatic carbocycles. The lowest BCUT2D eigenvalue weighted by Crippen LogP contribution is -2.35. The number of benzene rings is 1. The second-order valence-corrected chi connectivity index (χ2v) is 5.71. The smallest absolute Gasteiger partial charge is 0.251 e. The summed E-state index contributed by atoms with van der Waals surface area (Å²) in [4.78, 5) is 12.0. The van der Waals surface area contributed by atoms with Crippen molar-refractivity contribution in [2.45, 2.75) is 32.6 Å². The fraction of sp³-hybridized carbons (Fsp3) is 0.562. The summed E-state index contributed by atoms with van der Waals surface area (Å²) >= 11 is 0. The van der Waals surface area contributed by atoms with E-state index in [4.69, 9.17) is 0 Å². The maximum Gasteiger partial charge on any atom is 0.251 e. The molecule has 2 atom stereocenters. The van der Waals surface area contributed by atoms with E-state index >= 15 is 0 Å². The molecule has 0 aliphatic heterocycles. The predicted molar refractivity (Wildman–Crippen MR) is 76.0 cm³/mol. The van der Waals surface area contributed by atoms with Crippen LogP contribution in [0.5, 0.6) is 0 Å². The fourth-order valence-corrected chi connectivity index (χ4v) is 2.99. The number of amides is 1. The molecule has 0 heterocycles. The molecule has 1 saturated carbocycles. The minimum absolute atomic E-state index is 0.180. The van der Waals surface area contributed by atoms with Crippen LogP contribution >= 0.6 is 0 Å². The van der Waals surface area contributed by atoms with Gasteiger partial charge in [-0.25, -0.2) is 4.39 Å². The van der Waals surface area contributed by atoms with Crippen molar-refractivity contribution in [2.24, 2.45) is 11.8 Å². The zero-order chi connectivity index (χ0) is 14.5. The van der Waals surface area contributed by atoms with Crippen molar-refractivity contribution in [3.63, 3.8) is 0 Å². The Morgan fingerprint density at radius 1 is 1.30 bits per heavy atom. The van der Waals surface area contributed by atoms with Crippen LogP contribution in [0.2, 0.25) is 0 Å². The molecule has 3 nitrogen and oxygen atoms in total. The summed E-state index contributed by atoms with van der Waals surface area (Å²) in [6.45, 7) is 2.50. The number of aliphatic hydroxyl groups excluding tert-OH is 1. The van der Waals surface area contributed by atoms with E-state index in [0.29, 0.717) is 18.0 Å². The van der Waals surface area contributed by atoms with Crippen molar-refractivity contribution >= 4 is 5.91 Å². The van der Waals surface area contributed by atoms with E-state index in [1.165, 1.54) is 12.1 Å². The molecular formula is C16H22FNO2. The van der Waals surface area contributed by atoms with Gasteiger partial charge in [-0.3, -0.25) is 4.79 Å². The molecule has 1 aromatic rings. The first kappa shape index (κ1) is 15.0. The summed E-state index contributed by atoms with van der Waals surface area (Å²) in [5.41, 5.74) is 1.10. The topological polar surface area (TPSA) is 49.3 Å². The average Bonchev–Trinajstić information content (AvgIpc) is 2.44. The maximum atomic E-state index is 13.3. The summed E-state index contributed by atoms with van der Waals surface area (Å²) in [5, 5.41) is 12.2. The van der Waals surface area contributed by atoms with Crippen molar-refractivity contribution in [2.75, 3.05) is 13.2 Å². The molecule has 2 unspecified atom stereocenters. The zero-order valence-corrected chi connectivity index (χ0v) is 11.9.